The van der Waals surface area contributed by atoms with Crippen LogP contribution in [-0.2, 0) is 25.7 Å². The van der Waals surface area contributed by atoms with E-state index in [-0.39, 0.29) is 0 Å². The predicted octanol–water partition coefficient (Wildman–Crippen LogP) is 4.73. The van der Waals surface area contributed by atoms with Crippen molar-refractivity contribution in [3.05, 3.63) is 45.5 Å². The molecule has 2 aliphatic rings. The second-order valence-electron chi connectivity index (χ2n) is 7.65. The van der Waals surface area contributed by atoms with Gasteiger partial charge in [0.1, 0.15) is 0 Å². The Morgan fingerprint density at radius 2 is 1.00 bits per heavy atom. The fourth-order valence-electron chi connectivity index (χ4n) is 4.72. The number of hydrogen-bond donors (Lipinski definition) is 0. The molecule has 2 unspecified atom stereocenters. The number of fused-ring (bicyclic) bond motifs is 2. The van der Waals surface area contributed by atoms with Crippen LogP contribution in [0.5, 0.6) is 0 Å². The van der Waals surface area contributed by atoms with E-state index < -0.39 is 0 Å². The first kappa shape index (κ1) is 16.8. The van der Waals surface area contributed by atoms with Crippen LogP contribution in [0.4, 0.5) is 0 Å². The van der Waals surface area contributed by atoms with Crippen molar-refractivity contribution in [2.45, 2.75) is 65.2 Å². The van der Waals surface area contributed by atoms with E-state index in [0.29, 0.717) is 0 Å². The van der Waals surface area contributed by atoms with E-state index in [9.17, 15) is 0 Å². The lowest BCUT2D eigenvalue weighted by molar-refractivity contribution is 0.682. The highest BCUT2D eigenvalue weighted by molar-refractivity contribution is 7.29. The van der Waals surface area contributed by atoms with Crippen molar-refractivity contribution in [2.24, 2.45) is 0 Å². The highest BCUT2D eigenvalue weighted by Crippen LogP contribution is 2.38. The molecule has 0 heterocycles. The van der Waals surface area contributed by atoms with Crippen LogP contribution in [-0.4, -0.2) is 0 Å². The Bertz CT molecular complexity index is 748. The van der Waals surface area contributed by atoms with Gasteiger partial charge < -0.3 is 0 Å². The molecule has 0 spiro atoms. The summed E-state index contributed by atoms with van der Waals surface area (Å²) in [5.41, 5.74) is 12.5. The van der Waals surface area contributed by atoms with Crippen LogP contribution in [0.25, 0.3) is 11.1 Å². The van der Waals surface area contributed by atoms with Crippen LogP contribution >= 0.6 is 18.5 Å². The molecule has 2 heteroatoms. The zero-order chi connectivity index (χ0) is 16.8. The molecule has 0 bridgehead atoms. The van der Waals surface area contributed by atoms with Crippen LogP contribution in [0.1, 0.15) is 59.1 Å². The second kappa shape index (κ2) is 6.55. The Labute approximate surface area is 151 Å². The molecule has 24 heavy (non-hydrogen) atoms. The summed E-state index contributed by atoms with van der Waals surface area (Å²) in [6.07, 6.45) is 10.4. The molecule has 0 aliphatic heterocycles. The largest absolute Gasteiger partial charge is 0.105 e. The molecule has 2 aromatic rings. The topological polar surface area (TPSA) is 0 Å². The minimum absolute atomic E-state index is 1.25. The summed E-state index contributed by atoms with van der Waals surface area (Å²) < 4.78 is 0. The molecule has 0 saturated heterocycles. The van der Waals surface area contributed by atoms with Gasteiger partial charge in [-0.05, 0) is 120 Å². The third kappa shape index (κ3) is 2.67. The summed E-state index contributed by atoms with van der Waals surface area (Å²) >= 11 is 0. The third-order valence-electron chi connectivity index (χ3n) is 6.04. The minimum atomic E-state index is 1.25. The Hall–Kier alpha value is -0.700. The van der Waals surface area contributed by atoms with Crippen molar-refractivity contribution < 1.29 is 0 Å². The molecular formula is C22H28P2. The lowest BCUT2D eigenvalue weighted by Gasteiger charge is -2.28. The number of aryl methyl sites for hydroxylation is 4. The van der Waals surface area contributed by atoms with Crippen molar-refractivity contribution in [2.75, 3.05) is 0 Å². The van der Waals surface area contributed by atoms with Gasteiger partial charge in [0.15, 0.2) is 0 Å². The SMILES string of the molecule is Cc1cc2c(c(-c3c(P)c(C)cc4c3CCCC4)c1P)CCCC2. The molecule has 0 fully saturated rings. The normalized spacial score (nSPS) is 16.7. The first-order chi connectivity index (χ1) is 11.6. The average Bonchev–Trinajstić information content (AvgIpc) is 2.58. The summed E-state index contributed by atoms with van der Waals surface area (Å²) in [6.45, 7) is 4.57. The Morgan fingerprint density at radius 3 is 1.42 bits per heavy atom. The lowest BCUT2D eigenvalue weighted by Crippen LogP contribution is -2.20. The van der Waals surface area contributed by atoms with E-state index in [1.807, 2.05) is 0 Å². The van der Waals surface area contributed by atoms with Crippen LogP contribution in [0.3, 0.4) is 0 Å². The Morgan fingerprint density at radius 1 is 0.625 bits per heavy atom. The van der Waals surface area contributed by atoms with Crippen molar-refractivity contribution in [1.29, 1.82) is 0 Å². The molecule has 2 aromatic carbocycles. The Kier molecular flexibility index (Phi) is 4.57. The van der Waals surface area contributed by atoms with Gasteiger partial charge in [0, 0.05) is 0 Å². The smallest absolute Gasteiger partial charge is 0.00656 e. The molecule has 2 atom stereocenters. The van der Waals surface area contributed by atoms with Gasteiger partial charge in [0.25, 0.3) is 0 Å². The van der Waals surface area contributed by atoms with Crippen molar-refractivity contribution >= 4 is 29.1 Å². The van der Waals surface area contributed by atoms with Gasteiger partial charge in [0.2, 0.25) is 0 Å². The molecule has 0 amide bonds. The summed E-state index contributed by atoms with van der Waals surface area (Å²) in [5, 5.41) is 2.86. The van der Waals surface area contributed by atoms with Crippen LogP contribution in [0, 0.1) is 13.8 Å². The molecule has 4 rings (SSSR count). The van der Waals surface area contributed by atoms with Crippen LogP contribution in [0.15, 0.2) is 12.1 Å². The Balaban J connectivity index is 2.07. The predicted molar refractivity (Wildman–Crippen MR) is 113 cm³/mol. The summed E-state index contributed by atoms with van der Waals surface area (Å²) in [6, 6.07) is 4.90. The molecule has 0 saturated carbocycles. The van der Waals surface area contributed by atoms with Crippen molar-refractivity contribution in [3.8, 4) is 11.1 Å². The summed E-state index contributed by atoms with van der Waals surface area (Å²) in [7, 11) is 6.14. The van der Waals surface area contributed by atoms with Gasteiger partial charge in [-0.2, -0.15) is 0 Å². The number of hydrogen-bond acceptors (Lipinski definition) is 0. The monoisotopic (exact) mass is 354 g/mol. The van der Waals surface area contributed by atoms with Gasteiger partial charge in [0.05, 0.1) is 0 Å². The first-order valence-corrected chi connectivity index (χ1v) is 10.6. The van der Waals surface area contributed by atoms with Gasteiger partial charge in [-0.15, -0.1) is 18.5 Å². The highest BCUT2D eigenvalue weighted by Gasteiger charge is 2.24. The standard InChI is InChI=1S/C22H28P2/c1-13-11-15-7-3-5-9-17(15)19(21(13)23)20-18-10-6-4-8-16(18)12-14(2)22(20)24/h11-12H,3-10,23-24H2,1-2H3. The average molecular weight is 354 g/mol. The maximum Gasteiger partial charge on any atom is -0.00656 e. The van der Waals surface area contributed by atoms with E-state index in [2.05, 4.69) is 44.5 Å². The van der Waals surface area contributed by atoms with Crippen LogP contribution < -0.4 is 10.6 Å². The fraction of sp³-hybridized carbons (Fsp3) is 0.455. The second-order valence-corrected chi connectivity index (χ2v) is 8.81. The minimum Gasteiger partial charge on any atom is -0.105 e. The molecule has 2 aliphatic carbocycles. The molecule has 0 radical (unpaired) electrons. The lowest BCUT2D eigenvalue weighted by atomic mass is 9.79. The van der Waals surface area contributed by atoms with E-state index in [1.54, 1.807) is 33.4 Å². The zero-order valence-corrected chi connectivity index (χ0v) is 17.3. The molecular weight excluding hydrogens is 326 g/mol. The fourth-order valence-corrected chi connectivity index (χ4v) is 5.52. The maximum atomic E-state index is 3.07. The number of benzene rings is 2. The van der Waals surface area contributed by atoms with E-state index in [4.69, 9.17) is 0 Å². The number of rotatable bonds is 1. The van der Waals surface area contributed by atoms with E-state index in [1.165, 1.54) is 73.1 Å². The van der Waals surface area contributed by atoms with E-state index in [0.717, 1.165) is 0 Å². The molecule has 0 N–H and O–H groups in total. The third-order valence-corrected chi connectivity index (χ3v) is 7.53. The van der Waals surface area contributed by atoms with E-state index >= 15 is 0 Å². The van der Waals surface area contributed by atoms with Gasteiger partial charge >= 0.3 is 0 Å². The quantitative estimate of drug-likeness (QED) is 0.650. The van der Waals surface area contributed by atoms with Gasteiger partial charge in [-0.1, -0.05) is 12.1 Å². The van der Waals surface area contributed by atoms with Crippen LogP contribution in [0.2, 0.25) is 0 Å². The molecule has 0 nitrogen and oxygen atoms in total. The van der Waals surface area contributed by atoms with Gasteiger partial charge in [-0.25, -0.2) is 0 Å². The summed E-state index contributed by atoms with van der Waals surface area (Å²) in [5.74, 6) is 0. The zero-order valence-electron chi connectivity index (χ0n) is 15.0. The summed E-state index contributed by atoms with van der Waals surface area (Å²) in [4.78, 5) is 0. The maximum absolute atomic E-state index is 3.07. The first-order valence-electron chi connectivity index (χ1n) is 9.40. The van der Waals surface area contributed by atoms with Crippen molar-refractivity contribution in [1.82, 2.24) is 0 Å². The van der Waals surface area contributed by atoms with Crippen molar-refractivity contribution in [3.63, 3.8) is 0 Å². The highest BCUT2D eigenvalue weighted by atomic mass is 31.0. The molecule has 0 aromatic heterocycles. The molecule has 126 valence electrons. The van der Waals surface area contributed by atoms with Gasteiger partial charge in [-0.3, -0.25) is 0 Å².